The standard InChI is InChI=1S/C16H28Si2/c1-5-13(6-2)17-15-9-11-16(12-10-15)18-14(7-3)8-4/h5-8,13-16H,1-4,9-12,17-18H2. The molecule has 0 aromatic heterocycles. The molecule has 0 unspecified atom stereocenters. The molecule has 0 aliphatic heterocycles. The summed E-state index contributed by atoms with van der Waals surface area (Å²) in [5.74, 6) is 0. The van der Waals surface area contributed by atoms with Crippen molar-refractivity contribution in [3.8, 4) is 0 Å². The second-order valence-electron chi connectivity index (χ2n) is 5.63. The first-order chi connectivity index (χ1) is 8.73. The summed E-state index contributed by atoms with van der Waals surface area (Å²) in [5, 5.41) is 0. The minimum atomic E-state index is -0.0416. The summed E-state index contributed by atoms with van der Waals surface area (Å²) in [6.45, 7) is 15.7. The molecule has 0 spiro atoms. The molecule has 0 saturated heterocycles. The van der Waals surface area contributed by atoms with Gasteiger partial charge in [0.15, 0.2) is 0 Å². The van der Waals surface area contributed by atoms with Crippen LogP contribution < -0.4 is 0 Å². The van der Waals surface area contributed by atoms with Gasteiger partial charge in [0.2, 0.25) is 0 Å². The maximum absolute atomic E-state index is 3.92. The molecule has 0 aromatic carbocycles. The molecule has 1 aliphatic carbocycles. The quantitative estimate of drug-likeness (QED) is 0.467. The zero-order valence-corrected chi connectivity index (χ0v) is 14.5. The first-order valence-corrected chi connectivity index (χ1v) is 10.5. The number of allylic oxidation sites excluding steroid dienone is 4. The Morgan fingerprint density at radius 3 is 1.17 bits per heavy atom. The van der Waals surface area contributed by atoms with Crippen LogP contribution in [0.3, 0.4) is 0 Å². The summed E-state index contributed by atoms with van der Waals surface area (Å²) in [6.07, 6.45) is 14.3. The Hall–Kier alpha value is -0.606. The van der Waals surface area contributed by atoms with Crippen LogP contribution in [0.1, 0.15) is 25.7 Å². The van der Waals surface area contributed by atoms with Gasteiger partial charge in [-0.15, -0.1) is 26.3 Å². The highest BCUT2D eigenvalue weighted by Gasteiger charge is 2.23. The van der Waals surface area contributed by atoms with E-state index in [0.717, 1.165) is 11.1 Å². The van der Waals surface area contributed by atoms with E-state index < -0.39 is 0 Å². The van der Waals surface area contributed by atoms with E-state index in [-0.39, 0.29) is 19.0 Å². The topological polar surface area (TPSA) is 0 Å². The molecule has 0 amide bonds. The fourth-order valence-electron chi connectivity index (χ4n) is 3.05. The molecule has 1 aliphatic rings. The minimum absolute atomic E-state index is 0.0416. The fourth-order valence-corrected chi connectivity index (χ4v) is 7.25. The van der Waals surface area contributed by atoms with E-state index in [1.54, 1.807) is 0 Å². The lowest BCUT2D eigenvalue weighted by Gasteiger charge is -2.30. The number of hydrogen-bond acceptors (Lipinski definition) is 0. The van der Waals surface area contributed by atoms with Gasteiger partial charge in [0, 0.05) is 19.0 Å². The molecule has 0 bridgehead atoms. The van der Waals surface area contributed by atoms with E-state index in [2.05, 4.69) is 50.6 Å². The van der Waals surface area contributed by atoms with E-state index in [1.165, 1.54) is 25.7 Å². The van der Waals surface area contributed by atoms with Gasteiger partial charge in [0.1, 0.15) is 0 Å². The molecule has 0 radical (unpaired) electrons. The summed E-state index contributed by atoms with van der Waals surface area (Å²) in [7, 11) is -0.0833. The molecule has 0 nitrogen and oxygen atoms in total. The van der Waals surface area contributed by atoms with Crippen LogP contribution in [0.2, 0.25) is 22.2 Å². The van der Waals surface area contributed by atoms with Gasteiger partial charge < -0.3 is 0 Å². The predicted octanol–water partition coefficient (Wildman–Crippen LogP) is 3.80. The summed E-state index contributed by atoms with van der Waals surface area (Å²) in [5.41, 5.74) is 3.36. The highest BCUT2D eigenvalue weighted by molar-refractivity contribution is 6.42. The highest BCUT2D eigenvalue weighted by atomic mass is 28.2. The van der Waals surface area contributed by atoms with Crippen LogP contribution in [0, 0.1) is 0 Å². The largest absolute Gasteiger partial charge is 0.103 e. The molecule has 1 rings (SSSR count). The van der Waals surface area contributed by atoms with Crippen molar-refractivity contribution >= 4 is 19.0 Å². The van der Waals surface area contributed by atoms with Crippen molar-refractivity contribution in [3.05, 3.63) is 50.6 Å². The Morgan fingerprint density at radius 2 is 0.944 bits per heavy atom. The third-order valence-electron chi connectivity index (χ3n) is 4.39. The molecule has 100 valence electrons. The Kier molecular flexibility index (Phi) is 7.29. The average molecular weight is 277 g/mol. The lowest BCUT2D eigenvalue weighted by molar-refractivity contribution is 0.495. The van der Waals surface area contributed by atoms with Crippen molar-refractivity contribution in [1.82, 2.24) is 0 Å². The Bertz CT molecular complexity index is 241. The molecule has 2 heteroatoms. The Balaban J connectivity index is 2.31. The maximum atomic E-state index is 3.92. The van der Waals surface area contributed by atoms with Gasteiger partial charge in [0.05, 0.1) is 0 Å². The van der Waals surface area contributed by atoms with Crippen molar-refractivity contribution < 1.29 is 0 Å². The predicted molar refractivity (Wildman–Crippen MR) is 91.3 cm³/mol. The van der Waals surface area contributed by atoms with Crippen LogP contribution in [-0.2, 0) is 0 Å². The monoisotopic (exact) mass is 276 g/mol. The smallest absolute Gasteiger partial charge is 0.0357 e. The summed E-state index contributed by atoms with van der Waals surface area (Å²) >= 11 is 0. The van der Waals surface area contributed by atoms with Crippen LogP contribution in [-0.4, -0.2) is 19.0 Å². The van der Waals surface area contributed by atoms with E-state index in [4.69, 9.17) is 0 Å². The van der Waals surface area contributed by atoms with E-state index in [0.29, 0.717) is 11.1 Å². The van der Waals surface area contributed by atoms with Gasteiger partial charge in [0.25, 0.3) is 0 Å². The van der Waals surface area contributed by atoms with Gasteiger partial charge in [-0.1, -0.05) is 61.1 Å². The van der Waals surface area contributed by atoms with Gasteiger partial charge in [-0.2, -0.15) is 0 Å². The van der Waals surface area contributed by atoms with Crippen molar-refractivity contribution in [2.24, 2.45) is 0 Å². The van der Waals surface area contributed by atoms with Crippen LogP contribution in [0.25, 0.3) is 0 Å². The van der Waals surface area contributed by atoms with E-state index >= 15 is 0 Å². The second-order valence-corrected chi connectivity index (χ2v) is 10.8. The van der Waals surface area contributed by atoms with Crippen LogP contribution >= 0.6 is 0 Å². The minimum Gasteiger partial charge on any atom is -0.103 e. The molecular weight excluding hydrogens is 248 g/mol. The number of hydrogen-bond donors (Lipinski definition) is 0. The van der Waals surface area contributed by atoms with Crippen molar-refractivity contribution in [1.29, 1.82) is 0 Å². The third kappa shape index (κ3) is 4.95. The maximum Gasteiger partial charge on any atom is 0.0357 e. The third-order valence-corrected chi connectivity index (χ3v) is 9.78. The van der Waals surface area contributed by atoms with Gasteiger partial charge in [-0.05, 0) is 11.1 Å². The first-order valence-electron chi connectivity index (χ1n) is 7.23. The summed E-state index contributed by atoms with van der Waals surface area (Å²) in [6, 6.07) is 0. The van der Waals surface area contributed by atoms with E-state index in [1.807, 2.05) is 0 Å². The van der Waals surface area contributed by atoms with Gasteiger partial charge in [-0.3, -0.25) is 0 Å². The van der Waals surface area contributed by atoms with Crippen LogP contribution in [0.5, 0.6) is 0 Å². The van der Waals surface area contributed by atoms with Crippen LogP contribution in [0.4, 0.5) is 0 Å². The molecule has 18 heavy (non-hydrogen) atoms. The second kappa shape index (κ2) is 8.49. The molecule has 0 atom stereocenters. The highest BCUT2D eigenvalue weighted by Crippen LogP contribution is 2.38. The SMILES string of the molecule is C=CC(C=C)[SiH2]C1CCC([SiH2]C(C=C)C=C)CC1. The molecule has 0 aromatic rings. The van der Waals surface area contributed by atoms with Gasteiger partial charge >= 0.3 is 0 Å². The summed E-state index contributed by atoms with van der Waals surface area (Å²) in [4.78, 5) is 0. The first kappa shape index (κ1) is 15.5. The normalized spacial score (nSPS) is 25.2. The summed E-state index contributed by atoms with van der Waals surface area (Å²) < 4.78 is 0. The average Bonchev–Trinajstić information content (AvgIpc) is 2.43. The lowest BCUT2D eigenvalue weighted by atomic mass is 9.99. The molecule has 1 saturated carbocycles. The van der Waals surface area contributed by atoms with Crippen molar-refractivity contribution in [2.45, 2.75) is 47.8 Å². The van der Waals surface area contributed by atoms with Crippen molar-refractivity contribution in [3.63, 3.8) is 0 Å². The fraction of sp³-hybridized carbons (Fsp3) is 0.500. The molecule has 0 heterocycles. The molecule has 0 N–H and O–H groups in total. The van der Waals surface area contributed by atoms with Crippen molar-refractivity contribution in [2.75, 3.05) is 0 Å². The van der Waals surface area contributed by atoms with Gasteiger partial charge in [-0.25, -0.2) is 0 Å². The molecule has 1 fully saturated rings. The van der Waals surface area contributed by atoms with Crippen LogP contribution in [0.15, 0.2) is 50.6 Å². The zero-order valence-electron chi connectivity index (χ0n) is 11.7. The lowest BCUT2D eigenvalue weighted by Crippen LogP contribution is -2.18. The zero-order chi connectivity index (χ0) is 13.4. The Morgan fingerprint density at radius 1 is 0.667 bits per heavy atom. The number of rotatable bonds is 8. The molecular formula is C16H28Si2. The van der Waals surface area contributed by atoms with E-state index in [9.17, 15) is 0 Å². The Labute approximate surface area is 118 Å².